The van der Waals surface area contributed by atoms with E-state index in [-0.39, 0.29) is 35.5 Å². The van der Waals surface area contributed by atoms with Crippen molar-refractivity contribution in [2.24, 2.45) is 5.92 Å². The van der Waals surface area contributed by atoms with Crippen LogP contribution in [0.4, 0.5) is 5.69 Å². The normalized spacial score (nSPS) is 16.5. The minimum Gasteiger partial charge on any atom is -0.497 e. The number of rotatable bonds is 9. The summed E-state index contributed by atoms with van der Waals surface area (Å²) in [7, 11) is -1.02. The van der Waals surface area contributed by atoms with Crippen LogP contribution in [-0.4, -0.2) is 58.5 Å². The van der Waals surface area contributed by atoms with Gasteiger partial charge in [0.1, 0.15) is 16.4 Å². The average molecular weight is 491 g/mol. The number of hydrogen-bond donors (Lipinski definition) is 1. The molecule has 0 bridgehead atoms. The fourth-order valence-corrected chi connectivity index (χ4v) is 5.52. The number of methoxy groups -OCH3 is 2. The van der Waals surface area contributed by atoms with Crippen LogP contribution in [0.3, 0.4) is 0 Å². The molecular formula is C24H30N2O7S. The Morgan fingerprint density at radius 3 is 2.47 bits per heavy atom. The molecule has 9 nitrogen and oxygen atoms in total. The second-order valence-corrected chi connectivity index (χ2v) is 9.79. The van der Waals surface area contributed by atoms with Gasteiger partial charge in [0.2, 0.25) is 15.9 Å². The molecule has 0 aliphatic carbocycles. The molecule has 3 rings (SSSR count). The molecule has 0 radical (unpaired) electrons. The van der Waals surface area contributed by atoms with Gasteiger partial charge >= 0.3 is 5.97 Å². The van der Waals surface area contributed by atoms with E-state index >= 15 is 0 Å². The van der Waals surface area contributed by atoms with E-state index in [0.717, 1.165) is 5.56 Å². The van der Waals surface area contributed by atoms with Crippen LogP contribution < -0.4 is 14.8 Å². The molecule has 1 aliphatic heterocycles. The molecule has 1 heterocycles. The number of carbonyl (C=O) groups excluding carboxylic acids is 2. The lowest BCUT2D eigenvalue weighted by Crippen LogP contribution is -2.43. The summed E-state index contributed by atoms with van der Waals surface area (Å²) in [6, 6.07) is 11.5. The fraction of sp³-hybridized carbons (Fsp3) is 0.417. The van der Waals surface area contributed by atoms with Crippen molar-refractivity contribution in [3.8, 4) is 11.5 Å². The standard InChI is InChI=1S/C24H30N2O7S/c1-4-33-23(27)14-17-7-9-19(10-8-17)25-24(28)18-6-5-13-26(16-18)34(29,30)22-15-20(31-2)11-12-21(22)32-3/h7-12,15,18H,4-6,13-14,16H2,1-3H3,(H,25,28)/t18-/m0/s1. The Kier molecular flexibility index (Phi) is 8.51. The Balaban J connectivity index is 1.68. The first-order valence-electron chi connectivity index (χ1n) is 11.1. The predicted octanol–water partition coefficient (Wildman–Crippen LogP) is 2.85. The third-order valence-corrected chi connectivity index (χ3v) is 7.51. The Morgan fingerprint density at radius 2 is 1.82 bits per heavy atom. The number of piperidine rings is 1. The zero-order valence-corrected chi connectivity index (χ0v) is 20.4. The van der Waals surface area contributed by atoms with Gasteiger partial charge in [-0.25, -0.2) is 8.42 Å². The van der Waals surface area contributed by atoms with E-state index in [2.05, 4.69) is 5.32 Å². The number of nitrogens with zero attached hydrogens (tertiary/aromatic N) is 1. The first-order valence-corrected chi connectivity index (χ1v) is 12.5. The number of carbonyl (C=O) groups is 2. The molecule has 1 amide bonds. The van der Waals surface area contributed by atoms with Crippen LogP contribution in [0, 0.1) is 5.92 Å². The highest BCUT2D eigenvalue weighted by molar-refractivity contribution is 7.89. The molecule has 1 saturated heterocycles. The number of ether oxygens (including phenoxy) is 3. The van der Waals surface area contributed by atoms with Gasteiger partial charge in [0.05, 0.1) is 33.2 Å². The van der Waals surface area contributed by atoms with Crippen molar-refractivity contribution in [1.82, 2.24) is 4.31 Å². The minimum absolute atomic E-state index is 0.00703. The quantitative estimate of drug-likeness (QED) is 0.538. The molecule has 2 aromatic rings. The van der Waals surface area contributed by atoms with Crippen LogP contribution in [0.1, 0.15) is 25.3 Å². The summed E-state index contributed by atoms with van der Waals surface area (Å²) in [5.74, 6) is -0.446. The Hall–Kier alpha value is -3.11. The number of amides is 1. The van der Waals surface area contributed by atoms with E-state index in [9.17, 15) is 18.0 Å². The van der Waals surface area contributed by atoms with Gasteiger partial charge < -0.3 is 19.5 Å². The monoisotopic (exact) mass is 490 g/mol. The number of sulfonamides is 1. The van der Waals surface area contributed by atoms with Gasteiger partial charge in [0.25, 0.3) is 0 Å². The lowest BCUT2D eigenvalue weighted by molar-refractivity contribution is -0.142. The van der Waals surface area contributed by atoms with Crippen LogP contribution in [-0.2, 0) is 30.8 Å². The third kappa shape index (κ3) is 6.06. The van der Waals surface area contributed by atoms with Crippen LogP contribution >= 0.6 is 0 Å². The van der Waals surface area contributed by atoms with E-state index in [1.807, 2.05) is 0 Å². The van der Waals surface area contributed by atoms with Gasteiger partial charge in [0, 0.05) is 24.8 Å². The van der Waals surface area contributed by atoms with Gasteiger partial charge in [0.15, 0.2) is 0 Å². The highest BCUT2D eigenvalue weighted by Gasteiger charge is 2.35. The fourth-order valence-electron chi connectivity index (χ4n) is 3.83. The Labute approximate surface area is 200 Å². The summed E-state index contributed by atoms with van der Waals surface area (Å²) < 4.78 is 43.4. The van der Waals surface area contributed by atoms with Crippen molar-refractivity contribution in [2.45, 2.75) is 31.1 Å². The average Bonchev–Trinajstić information content (AvgIpc) is 2.85. The summed E-state index contributed by atoms with van der Waals surface area (Å²) in [5, 5.41) is 2.85. The second-order valence-electron chi connectivity index (χ2n) is 7.89. The zero-order valence-electron chi connectivity index (χ0n) is 19.6. The highest BCUT2D eigenvalue weighted by Crippen LogP contribution is 2.33. The van der Waals surface area contributed by atoms with Crippen molar-refractivity contribution in [2.75, 3.05) is 39.2 Å². The lowest BCUT2D eigenvalue weighted by Gasteiger charge is -2.31. The van der Waals surface area contributed by atoms with Crippen molar-refractivity contribution in [3.05, 3.63) is 48.0 Å². The number of benzene rings is 2. The molecule has 0 saturated carbocycles. The van der Waals surface area contributed by atoms with Crippen molar-refractivity contribution in [1.29, 1.82) is 0 Å². The lowest BCUT2D eigenvalue weighted by atomic mass is 9.98. The summed E-state index contributed by atoms with van der Waals surface area (Å²) in [5.41, 5.74) is 1.35. The van der Waals surface area contributed by atoms with Gasteiger partial charge in [-0.15, -0.1) is 0 Å². The first-order chi connectivity index (χ1) is 16.3. The van der Waals surface area contributed by atoms with Crippen molar-refractivity contribution < 1.29 is 32.2 Å². The summed E-state index contributed by atoms with van der Waals surface area (Å²) in [6.07, 6.45) is 1.29. The van der Waals surface area contributed by atoms with E-state index in [1.54, 1.807) is 43.3 Å². The van der Waals surface area contributed by atoms with Gasteiger partial charge in [-0.3, -0.25) is 9.59 Å². The number of nitrogens with one attached hydrogen (secondary N) is 1. The van der Waals surface area contributed by atoms with Crippen LogP contribution in [0.25, 0.3) is 0 Å². The largest absolute Gasteiger partial charge is 0.497 e. The van der Waals surface area contributed by atoms with Gasteiger partial charge in [-0.1, -0.05) is 12.1 Å². The molecule has 2 aromatic carbocycles. The topological polar surface area (TPSA) is 111 Å². The molecular weight excluding hydrogens is 460 g/mol. The SMILES string of the molecule is CCOC(=O)Cc1ccc(NC(=O)[C@H]2CCCN(S(=O)(=O)c3cc(OC)ccc3OC)C2)cc1. The maximum atomic E-state index is 13.4. The molecule has 184 valence electrons. The Morgan fingerprint density at radius 1 is 1.09 bits per heavy atom. The number of hydrogen-bond acceptors (Lipinski definition) is 7. The van der Waals surface area contributed by atoms with E-state index in [4.69, 9.17) is 14.2 Å². The molecule has 34 heavy (non-hydrogen) atoms. The zero-order chi connectivity index (χ0) is 24.7. The van der Waals surface area contributed by atoms with E-state index in [0.29, 0.717) is 37.4 Å². The van der Waals surface area contributed by atoms with Crippen molar-refractivity contribution in [3.63, 3.8) is 0 Å². The maximum absolute atomic E-state index is 13.4. The molecule has 0 aromatic heterocycles. The molecule has 0 spiro atoms. The number of anilines is 1. The van der Waals surface area contributed by atoms with E-state index in [1.165, 1.54) is 24.6 Å². The summed E-state index contributed by atoms with van der Waals surface area (Å²) in [6.45, 7) is 2.46. The number of esters is 1. The predicted molar refractivity (Wildman–Crippen MR) is 126 cm³/mol. The van der Waals surface area contributed by atoms with Crippen LogP contribution in [0.5, 0.6) is 11.5 Å². The molecule has 1 fully saturated rings. The highest BCUT2D eigenvalue weighted by atomic mass is 32.2. The molecule has 1 N–H and O–H groups in total. The molecule has 1 atom stereocenters. The summed E-state index contributed by atoms with van der Waals surface area (Å²) in [4.78, 5) is 24.5. The van der Waals surface area contributed by atoms with Gasteiger partial charge in [-0.2, -0.15) is 4.31 Å². The Bertz CT molecular complexity index is 1120. The molecule has 10 heteroatoms. The summed E-state index contributed by atoms with van der Waals surface area (Å²) >= 11 is 0. The van der Waals surface area contributed by atoms with Crippen LogP contribution in [0.15, 0.2) is 47.4 Å². The van der Waals surface area contributed by atoms with Crippen LogP contribution in [0.2, 0.25) is 0 Å². The maximum Gasteiger partial charge on any atom is 0.310 e. The van der Waals surface area contributed by atoms with E-state index < -0.39 is 15.9 Å². The molecule has 1 aliphatic rings. The third-order valence-electron chi connectivity index (χ3n) is 5.62. The minimum atomic E-state index is -3.89. The molecule has 0 unspecified atom stereocenters. The van der Waals surface area contributed by atoms with Crippen molar-refractivity contribution >= 4 is 27.6 Å². The smallest absolute Gasteiger partial charge is 0.310 e. The first kappa shape index (κ1) is 25.5. The van der Waals surface area contributed by atoms with Gasteiger partial charge in [-0.05, 0) is 49.6 Å². The second kappa shape index (κ2) is 11.3.